The average molecular weight is 414 g/mol. The maximum absolute atomic E-state index is 12.4. The van der Waals surface area contributed by atoms with Crippen LogP contribution in [0.4, 0.5) is 5.82 Å². The Morgan fingerprint density at radius 1 is 1.31 bits per heavy atom. The van der Waals surface area contributed by atoms with E-state index in [-0.39, 0.29) is 19.5 Å². The Hall–Kier alpha value is -2.99. The summed E-state index contributed by atoms with van der Waals surface area (Å²) in [7, 11) is 1.15. The van der Waals surface area contributed by atoms with Gasteiger partial charge in [-0.3, -0.25) is 4.68 Å². The van der Waals surface area contributed by atoms with Crippen LogP contribution in [0.1, 0.15) is 17.5 Å². The number of hydrogen-bond acceptors (Lipinski definition) is 7. The molecule has 0 amide bonds. The van der Waals surface area contributed by atoms with Gasteiger partial charge in [0.05, 0.1) is 24.3 Å². The Bertz CT molecular complexity index is 1120. The molecule has 1 saturated heterocycles. The zero-order valence-corrected chi connectivity index (χ0v) is 17.5. The lowest BCUT2D eigenvalue weighted by atomic mass is 9.89. The van der Waals surface area contributed by atoms with Crippen molar-refractivity contribution in [1.29, 1.82) is 10.5 Å². The fraction of sp³-hybridized carbons (Fsp3) is 0.444. The van der Waals surface area contributed by atoms with Gasteiger partial charge >= 0.3 is 0 Å². The van der Waals surface area contributed by atoms with Crippen molar-refractivity contribution in [3.05, 3.63) is 29.7 Å². The van der Waals surface area contributed by atoms with Crippen LogP contribution in [0.15, 0.2) is 18.6 Å². The summed E-state index contributed by atoms with van der Waals surface area (Å²) in [4.78, 5) is 4.24. The van der Waals surface area contributed by atoms with E-state index >= 15 is 0 Å². The molecule has 29 heavy (non-hydrogen) atoms. The molecule has 0 unspecified atom stereocenters. The molecule has 2 aromatic heterocycles. The zero-order chi connectivity index (χ0) is 21.4. The molecule has 0 aromatic carbocycles. The number of nitrogens with zero attached hydrogens (tertiary/aromatic N) is 7. The van der Waals surface area contributed by atoms with Crippen LogP contribution in [-0.2, 0) is 15.7 Å². The first-order valence-electron chi connectivity index (χ1n) is 8.87. The molecule has 3 rings (SSSR count). The molecule has 0 radical (unpaired) electrons. The van der Waals surface area contributed by atoms with Crippen LogP contribution < -0.4 is 5.32 Å². The normalized spacial score (nSPS) is 16.1. The summed E-state index contributed by atoms with van der Waals surface area (Å²) in [6.45, 7) is 2.18. The van der Waals surface area contributed by atoms with Gasteiger partial charge in [-0.15, -0.1) is 0 Å². The SMILES string of the molecule is CNc1ncc(C#N)c(-c2cnn(C3(CC#N)CN(S(=O)(=O)N(C)C)C3)c2)c1C. The number of rotatable bonds is 6. The zero-order valence-electron chi connectivity index (χ0n) is 16.7. The van der Waals surface area contributed by atoms with Crippen molar-refractivity contribution >= 4 is 16.0 Å². The monoisotopic (exact) mass is 414 g/mol. The van der Waals surface area contributed by atoms with Crippen molar-refractivity contribution in [2.75, 3.05) is 39.5 Å². The third-order valence-corrected chi connectivity index (χ3v) is 7.01. The van der Waals surface area contributed by atoms with Gasteiger partial charge in [0.25, 0.3) is 10.2 Å². The third-order valence-electron chi connectivity index (χ3n) is 5.17. The van der Waals surface area contributed by atoms with Gasteiger partial charge < -0.3 is 5.32 Å². The van der Waals surface area contributed by atoms with Crippen LogP contribution in [0.25, 0.3) is 11.1 Å². The van der Waals surface area contributed by atoms with E-state index in [0.717, 1.165) is 9.87 Å². The second kappa shape index (κ2) is 7.44. The van der Waals surface area contributed by atoms with Gasteiger partial charge in [0.2, 0.25) is 0 Å². The molecule has 1 aliphatic rings. The molecule has 3 heterocycles. The summed E-state index contributed by atoms with van der Waals surface area (Å²) < 4.78 is 28.8. The number of hydrogen-bond donors (Lipinski definition) is 1. The standard InChI is InChI=1S/C18H22N8O2S/c1-13-16(14(7-20)8-22-17(13)21-2)15-9-23-26(10-15)18(5-6-19)11-25(12-18)29(27,28)24(3)4/h8-10H,5,11-12H2,1-4H3,(H,21,22). The van der Waals surface area contributed by atoms with Crippen LogP contribution in [0.3, 0.4) is 0 Å². The van der Waals surface area contributed by atoms with Gasteiger partial charge in [-0.25, -0.2) is 4.98 Å². The van der Waals surface area contributed by atoms with Gasteiger partial charge in [0.15, 0.2) is 0 Å². The molecular weight excluding hydrogens is 392 g/mol. The molecule has 0 bridgehead atoms. The van der Waals surface area contributed by atoms with Crippen molar-refractivity contribution in [2.24, 2.45) is 0 Å². The Morgan fingerprint density at radius 2 is 2.00 bits per heavy atom. The highest BCUT2D eigenvalue weighted by Crippen LogP contribution is 2.37. The van der Waals surface area contributed by atoms with Crippen molar-refractivity contribution < 1.29 is 8.42 Å². The lowest BCUT2D eigenvalue weighted by Crippen LogP contribution is -2.65. The predicted molar refractivity (Wildman–Crippen MR) is 107 cm³/mol. The van der Waals surface area contributed by atoms with E-state index in [1.807, 2.05) is 6.92 Å². The fourth-order valence-electron chi connectivity index (χ4n) is 3.52. The molecule has 1 aliphatic heterocycles. The minimum Gasteiger partial charge on any atom is -0.373 e. The fourth-order valence-corrected chi connectivity index (χ4v) is 4.79. The number of pyridine rings is 1. The quantitative estimate of drug-likeness (QED) is 0.743. The van der Waals surface area contributed by atoms with Crippen LogP contribution in [0, 0.1) is 29.6 Å². The van der Waals surface area contributed by atoms with E-state index in [1.165, 1.54) is 24.6 Å². The summed E-state index contributed by atoms with van der Waals surface area (Å²) >= 11 is 0. The van der Waals surface area contributed by atoms with Crippen LogP contribution in [0.5, 0.6) is 0 Å². The average Bonchev–Trinajstić information content (AvgIpc) is 3.13. The summed E-state index contributed by atoms with van der Waals surface area (Å²) in [5.41, 5.74) is 1.91. The maximum Gasteiger partial charge on any atom is 0.281 e. The van der Waals surface area contributed by atoms with E-state index in [1.54, 1.807) is 24.1 Å². The predicted octanol–water partition coefficient (Wildman–Crippen LogP) is 0.898. The number of nitriles is 2. The first-order valence-corrected chi connectivity index (χ1v) is 10.3. The van der Waals surface area contributed by atoms with Crippen LogP contribution >= 0.6 is 0 Å². The Kier molecular flexibility index (Phi) is 5.32. The lowest BCUT2D eigenvalue weighted by Gasteiger charge is -2.48. The molecule has 0 aliphatic carbocycles. The summed E-state index contributed by atoms with van der Waals surface area (Å²) in [6.07, 6.45) is 5.02. The number of nitrogens with one attached hydrogen (secondary N) is 1. The van der Waals surface area contributed by atoms with Crippen molar-refractivity contribution in [3.8, 4) is 23.3 Å². The maximum atomic E-state index is 12.4. The molecular formula is C18H22N8O2S. The minimum atomic E-state index is -3.55. The highest BCUT2D eigenvalue weighted by atomic mass is 32.2. The second-order valence-electron chi connectivity index (χ2n) is 7.17. The largest absolute Gasteiger partial charge is 0.373 e. The first kappa shape index (κ1) is 20.7. The molecule has 2 aromatic rings. The van der Waals surface area contributed by atoms with Crippen molar-refractivity contribution in [3.63, 3.8) is 0 Å². The van der Waals surface area contributed by atoms with E-state index in [0.29, 0.717) is 22.5 Å². The van der Waals surface area contributed by atoms with E-state index in [4.69, 9.17) is 0 Å². The van der Waals surface area contributed by atoms with E-state index < -0.39 is 15.7 Å². The molecule has 11 heteroatoms. The van der Waals surface area contributed by atoms with E-state index in [2.05, 4.69) is 27.5 Å². The lowest BCUT2D eigenvalue weighted by molar-refractivity contribution is 0.0675. The first-order chi connectivity index (χ1) is 13.7. The van der Waals surface area contributed by atoms with Gasteiger partial charge in [0.1, 0.15) is 17.4 Å². The molecule has 152 valence electrons. The molecule has 1 fully saturated rings. The van der Waals surface area contributed by atoms with Gasteiger partial charge in [0, 0.05) is 63.3 Å². The topological polar surface area (TPSA) is 131 Å². The molecule has 1 N–H and O–H groups in total. The van der Waals surface area contributed by atoms with Gasteiger partial charge in [-0.1, -0.05) is 0 Å². The Balaban J connectivity index is 2.00. The second-order valence-corrected chi connectivity index (χ2v) is 9.32. The number of aromatic nitrogens is 3. The van der Waals surface area contributed by atoms with E-state index in [9.17, 15) is 18.9 Å². The Morgan fingerprint density at radius 3 is 2.55 bits per heavy atom. The van der Waals surface area contributed by atoms with Crippen molar-refractivity contribution in [1.82, 2.24) is 23.4 Å². The molecule has 0 spiro atoms. The summed E-state index contributed by atoms with van der Waals surface area (Å²) in [5, 5.41) is 26.2. The molecule has 0 atom stereocenters. The van der Waals surface area contributed by atoms with Gasteiger partial charge in [-0.05, 0) is 6.92 Å². The minimum absolute atomic E-state index is 0.121. The highest BCUT2D eigenvalue weighted by Gasteiger charge is 2.50. The van der Waals surface area contributed by atoms with Crippen molar-refractivity contribution in [2.45, 2.75) is 18.9 Å². The van der Waals surface area contributed by atoms with Crippen LogP contribution in [0.2, 0.25) is 0 Å². The molecule has 10 nitrogen and oxygen atoms in total. The smallest absolute Gasteiger partial charge is 0.281 e. The Labute approximate surface area is 170 Å². The summed E-state index contributed by atoms with van der Waals surface area (Å²) in [6, 6.07) is 4.30. The summed E-state index contributed by atoms with van der Waals surface area (Å²) in [5.74, 6) is 0.658. The van der Waals surface area contributed by atoms with Crippen LogP contribution in [-0.4, -0.2) is 66.0 Å². The third kappa shape index (κ3) is 3.34. The van der Waals surface area contributed by atoms with Gasteiger partial charge in [-0.2, -0.15) is 32.7 Å². The molecule has 0 saturated carbocycles. The highest BCUT2D eigenvalue weighted by molar-refractivity contribution is 7.86. The number of anilines is 1.